The monoisotopic (exact) mass is 275 g/mol. The zero-order valence-electron chi connectivity index (χ0n) is 12.5. The lowest BCUT2D eigenvalue weighted by Crippen LogP contribution is -2.41. The average molecular weight is 275 g/mol. The van der Waals surface area contributed by atoms with Crippen LogP contribution in [0.1, 0.15) is 27.7 Å². The number of benzene rings is 1. The minimum absolute atomic E-state index is 0.294. The number of aromatic nitrogens is 1. The molecule has 1 aliphatic heterocycles. The molecular formula is C15H19BFNO2. The fraction of sp³-hybridized carbons (Fsp3) is 0.467. The highest BCUT2D eigenvalue weighted by atomic mass is 19.1. The molecule has 0 N–H and O–H groups in total. The van der Waals surface area contributed by atoms with Crippen LogP contribution >= 0.6 is 0 Å². The first kappa shape index (κ1) is 13.6. The predicted molar refractivity (Wildman–Crippen MR) is 78.6 cm³/mol. The Morgan fingerprint density at radius 3 is 2.30 bits per heavy atom. The van der Waals surface area contributed by atoms with Crippen molar-refractivity contribution in [1.82, 2.24) is 4.57 Å². The molecule has 3 rings (SSSR count). The van der Waals surface area contributed by atoms with E-state index in [4.69, 9.17) is 9.31 Å². The summed E-state index contributed by atoms with van der Waals surface area (Å²) in [5.41, 5.74) is 0.399. The standard InChI is InChI=1S/C15H19BFNO2/c1-14(2)15(3,4)20-16(19-14)11-8-10-6-7-18(5)13(10)9-12(11)17/h6-9H,1-5H3. The lowest BCUT2D eigenvalue weighted by atomic mass is 9.78. The highest BCUT2D eigenvalue weighted by molar-refractivity contribution is 6.62. The van der Waals surface area contributed by atoms with Gasteiger partial charge in [0.1, 0.15) is 5.82 Å². The highest BCUT2D eigenvalue weighted by Crippen LogP contribution is 2.36. The molecule has 1 aromatic carbocycles. The molecule has 0 radical (unpaired) electrons. The van der Waals surface area contributed by atoms with Crippen LogP contribution in [0.5, 0.6) is 0 Å². The average Bonchev–Trinajstić information content (AvgIpc) is 2.77. The Morgan fingerprint density at radius 2 is 1.70 bits per heavy atom. The third-order valence-corrected chi connectivity index (χ3v) is 4.51. The summed E-state index contributed by atoms with van der Waals surface area (Å²) in [6, 6.07) is 5.31. The topological polar surface area (TPSA) is 23.4 Å². The Hall–Kier alpha value is -1.33. The number of halogens is 1. The summed E-state index contributed by atoms with van der Waals surface area (Å²) in [5, 5.41) is 0.985. The van der Waals surface area contributed by atoms with Crippen LogP contribution in [0.3, 0.4) is 0 Å². The molecule has 0 bridgehead atoms. The molecule has 0 aliphatic carbocycles. The Balaban J connectivity index is 2.05. The Labute approximate surface area is 118 Å². The number of hydrogen-bond acceptors (Lipinski definition) is 2. The molecule has 3 nitrogen and oxygen atoms in total. The summed E-state index contributed by atoms with van der Waals surface area (Å²) in [5.74, 6) is -0.294. The van der Waals surface area contributed by atoms with Crippen LogP contribution in [0, 0.1) is 5.82 Å². The summed E-state index contributed by atoms with van der Waals surface area (Å²) < 4.78 is 28.1. The van der Waals surface area contributed by atoms with Gasteiger partial charge in [-0.25, -0.2) is 4.39 Å². The number of rotatable bonds is 1. The second-order valence-corrected chi connectivity index (χ2v) is 6.45. The lowest BCUT2D eigenvalue weighted by molar-refractivity contribution is 0.00578. The molecule has 1 saturated heterocycles. The molecule has 106 valence electrons. The van der Waals surface area contributed by atoms with Gasteiger partial charge in [0, 0.05) is 18.7 Å². The van der Waals surface area contributed by atoms with Gasteiger partial charge in [-0.3, -0.25) is 0 Å². The van der Waals surface area contributed by atoms with Gasteiger partial charge in [-0.1, -0.05) is 6.07 Å². The first-order chi connectivity index (χ1) is 9.21. The molecule has 0 spiro atoms. The van der Waals surface area contributed by atoms with Gasteiger partial charge >= 0.3 is 7.12 Å². The molecular weight excluding hydrogens is 256 g/mol. The van der Waals surface area contributed by atoms with E-state index in [1.807, 2.05) is 57.6 Å². The normalized spacial score (nSPS) is 20.8. The molecule has 0 unspecified atom stereocenters. The van der Waals surface area contributed by atoms with Gasteiger partial charge in [0.2, 0.25) is 0 Å². The zero-order chi connectivity index (χ0) is 14.7. The lowest BCUT2D eigenvalue weighted by Gasteiger charge is -2.32. The van der Waals surface area contributed by atoms with E-state index in [9.17, 15) is 4.39 Å². The van der Waals surface area contributed by atoms with E-state index in [0.717, 1.165) is 10.9 Å². The summed E-state index contributed by atoms with van der Waals surface area (Å²) in [6.45, 7) is 7.86. The smallest absolute Gasteiger partial charge is 0.399 e. The number of aryl methyl sites for hydroxylation is 1. The minimum Gasteiger partial charge on any atom is -0.399 e. The first-order valence-electron chi connectivity index (χ1n) is 6.81. The fourth-order valence-corrected chi connectivity index (χ4v) is 2.46. The van der Waals surface area contributed by atoms with Gasteiger partial charge in [-0.15, -0.1) is 0 Å². The molecule has 2 aromatic rings. The van der Waals surface area contributed by atoms with Crippen molar-refractivity contribution in [2.45, 2.75) is 38.9 Å². The maximum absolute atomic E-state index is 14.4. The van der Waals surface area contributed by atoms with Gasteiger partial charge < -0.3 is 13.9 Å². The molecule has 5 heteroatoms. The Morgan fingerprint density at radius 1 is 1.10 bits per heavy atom. The van der Waals surface area contributed by atoms with Crippen molar-refractivity contribution < 1.29 is 13.7 Å². The summed E-state index contributed by atoms with van der Waals surface area (Å²) in [6.07, 6.45) is 1.91. The number of fused-ring (bicyclic) bond motifs is 1. The van der Waals surface area contributed by atoms with E-state index in [0.29, 0.717) is 5.46 Å². The van der Waals surface area contributed by atoms with Crippen molar-refractivity contribution in [3.05, 3.63) is 30.2 Å². The highest BCUT2D eigenvalue weighted by Gasteiger charge is 2.52. The van der Waals surface area contributed by atoms with Gasteiger partial charge in [0.05, 0.1) is 16.7 Å². The Kier molecular flexibility index (Phi) is 2.79. The van der Waals surface area contributed by atoms with Crippen LogP contribution in [-0.4, -0.2) is 22.9 Å². The van der Waals surface area contributed by atoms with Crippen LogP contribution in [0.15, 0.2) is 24.4 Å². The number of nitrogens with zero attached hydrogens (tertiary/aromatic N) is 1. The van der Waals surface area contributed by atoms with E-state index in [2.05, 4.69) is 0 Å². The minimum atomic E-state index is -0.662. The second kappa shape index (κ2) is 4.09. The van der Waals surface area contributed by atoms with Crippen molar-refractivity contribution in [3.63, 3.8) is 0 Å². The van der Waals surface area contributed by atoms with E-state index >= 15 is 0 Å². The quantitative estimate of drug-likeness (QED) is 0.747. The van der Waals surface area contributed by atoms with Crippen molar-refractivity contribution in [3.8, 4) is 0 Å². The Bertz CT molecular complexity index is 662. The predicted octanol–water partition coefficient (Wildman–Crippen LogP) is 2.62. The first-order valence-corrected chi connectivity index (χ1v) is 6.81. The largest absolute Gasteiger partial charge is 0.497 e. The van der Waals surface area contributed by atoms with Crippen LogP contribution in [0.25, 0.3) is 10.9 Å². The molecule has 1 aliphatic rings. The third kappa shape index (κ3) is 1.88. The van der Waals surface area contributed by atoms with Crippen LogP contribution in [0.2, 0.25) is 0 Å². The van der Waals surface area contributed by atoms with Crippen molar-refractivity contribution >= 4 is 23.5 Å². The van der Waals surface area contributed by atoms with E-state index < -0.39 is 18.3 Å². The maximum Gasteiger partial charge on any atom is 0.497 e. The van der Waals surface area contributed by atoms with Crippen molar-refractivity contribution in [1.29, 1.82) is 0 Å². The van der Waals surface area contributed by atoms with Crippen LogP contribution < -0.4 is 5.46 Å². The zero-order valence-corrected chi connectivity index (χ0v) is 12.5. The van der Waals surface area contributed by atoms with E-state index in [1.165, 1.54) is 6.07 Å². The van der Waals surface area contributed by atoms with Gasteiger partial charge in [0.15, 0.2) is 0 Å². The van der Waals surface area contributed by atoms with Crippen LogP contribution in [-0.2, 0) is 16.4 Å². The van der Waals surface area contributed by atoms with Crippen molar-refractivity contribution in [2.75, 3.05) is 0 Å². The molecule has 20 heavy (non-hydrogen) atoms. The third-order valence-electron chi connectivity index (χ3n) is 4.51. The summed E-state index contributed by atoms with van der Waals surface area (Å²) in [7, 11) is 1.24. The molecule has 0 amide bonds. The van der Waals surface area contributed by atoms with Gasteiger partial charge in [0.25, 0.3) is 0 Å². The summed E-state index contributed by atoms with van der Waals surface area (Å²) in [4.78, 5) is 0. The van der Waals surface area contributed by atoms with Gasteiger partial charge in [-0.2, -0.15) is 0 Å². The fourth-order valence-electron chi connectivity index (χ4n) is 2.46. The molecule has 1 fully saturated rings. The second-order valence-electron chi connectivity index (χ2n) is 6.45. The SMILES string of the molecule is Cn1ccc2cc(B3OC(C)(C)C(C)(C)O3)c(F)cc21. The maximum atomic E-state index is 14.4. The van der Waals surface area contributed by atoms with E-state index in [1.54, 1.807) is 0 Å². The molecule has 0 atom stereocenters. The van der Waals surface area contributed by atoms with Crippen LogP contribution in [0.4, 0.5) is 4.39 Å². The molecule has 1 aromatic heterocycles. The molecule has 0 saturated carbocycles. The van der Waals surface area contributed by atoms with Gasteiger partial charge in [-0.05, 0) is 45.2 Å². The number of hydrogen-bond donors (Lipinski definition) is 0. The van der Waals surface area contributed by atoms with E-state index in [-0.39, 0.29) is 5.82 Å². The summed E-state index contributed by atoms with van der Waals surface area (Å²) >= 11 is 0. The molecule has 2 heterocycles. The van der Waals surface area contributed by atoms with Crippen molar-refractivity contribution in [2.24, 2.45) is 7.05 Å².